The smallest absolute Gasteiger partial charge is 0.350 e. The molecule has 5 N–H and O–H groups in total. The van der Waals surface area contributed by atoms with Gasteiger partial charge in [0.05, 0.1) is 12.0 Å². The van der Waals surface area contributed by atoms with Gasteiger partial charge in [0.2, 0.25) is 0 Å². The van der Waals surface area contributed by atoms with Crippen LogP contribution in [0.25, 0.3) is 12.2 Å². The van der Waals surface area contributed by atoms with Crippen molar-refractivity contribution >= 4 is 23.9 Å². The molecule has 0 aliphatic carbocycles. The fourth-order valence-corrected chi connectivity index (χ4v) is 2.07. The number of aryl methyl sites for hydroxylation is 1. The summed E-state index contributed by atoms with van der Waals surface area (Å²) in [6.07, 6.45) is 5.55. The molecule has 0 radical (unpaired) electrons. The lowest BCUT2D eigenvalue weighted by atomic mass is 10.0. The fraction of sp³-hybridized carbons (Fsp3) is 0.133. The van der Waals surface area contributed by atoms with Crippen molar-refractivity contribution in [3.05, 3.63) is 53.2 Å². The minimum Gasteiger partial charge on any atom is -0.465 e. The van der Waals surface area contributed by atoms with Crippen LogP contribution in [0, 0.1) is 5.82 Å². The van der Waals surface area contributed by atoms with E-state index < -0.39 is 11.8 Å². The van der Waals surface area contributed by atoms with Gasteiger partial charge in [0, 0.05) is 5.56 Å². The summed E-state index contributed by atoms with van der Waals surface area (Å²) < 4.78 is 19.0. The Labute approximate surface area is 127 Å². The number of halogens is 1. The molecule has 0 saturated carbocycles. The first-order valence-electron chi connectivity index (χ1n) is 6.66. The number of hydrazine groups is 2. The van der Waals surface area contributed by atoms with Crippen LogP contribution in [0.5, 0.6) is 0 Å². The summed E-state index contributed by atoms with van der Waals surface area (Å²) in [6, 6.07) is 5.36. The summed E-state index contributed by atoms with van der Waals surface area (Å²) >= 11 is 0. The molecule has 1 aromatic carbocycles. The highest BCUT2D eigenvalue weighted by molar-refractivity contribution is 5.94. The first-order valence-corrected chi connectivity index (χ1v) is 6.66. The molecule has 0 aliphatic rings. The number of nitrogens with zero attached hydrogens (tertiary/aromatic N) is 1. The number of hydrogen-bond acceptors (Lipinski definition) is 4. The third-order valence-corrected chi connectivity index (χ3v) is 3.15. The van der Waals surface area contributed by atoms with Crippen molar-refractivity contribution in [3.63, 3.8) is 0 Å². The van der Waals surface area contributed by atoms with Crippen LogP contribution in [0.2, 0.25) is 0 Å². The Kier molecular flexibility index (Phi) is 4.92. The van der Waals surface area contributed by atoms with E-state index in [1.807, 2.05) is 12.3 Å². The molecule has 2 amide bonds. The molecule has 0 saturated heterocycles. The molecular weight excluding hydrogens is 287 g/mol. The molecule has 1 aromatic heterocycles. The lowest BCUT2D eigenvalue weighted by Gasteiger charge is -2.20. The predicted octanol–water partition coefficient (Wildman–Crippen LogP) is 2.41. The highest BCUT2D eigenvalue weighted by Gasteiger charge is 2.17. The van der Waals surface area contributed by atoms with Gasteiger partial charge in [0.1, 0.15) is 11.6 Å². The van der Waals surface area contributed by atoms with E-state index >= 15 is 0 Å². The van der Waals surface area contributed by atoms with Crippen molar-refractivity contribution in [2.75, 3.05) is 5.01 Å². The van der Waals surface area contributed by atoms with Gasteiger partial charge in [-0.2, -0.15) is 0 Å². The normalized spacial score (nSPS) is 10.9. The number of nitrogens with two attached hydrogens (primary N) is 2. The van der Waals surface area contributed by atoms with Crippen molar-refractivity contribution < 1.29 is 13.6 Å². The third kappa shape index (κ3) is 3.33. The SMILES string of the molecule is CCc1cc(F)cc(N(N)C(=O)NN)c1/C=C/c1ccco1. The Morgan fingerprint density at radius 3 is 2.82 bits per heavy atom. The molecule has 0 unspecified atom stereocenters. The highest BCUT2D eigenvalue weighted by atomic mass is 19.1. The zero-order valence-electron chi connectivity index (χ0n) is 12.0. The number of carbonyl (C=O) groups excluding carboxylic acids is 1. The molecule has 116 valence electrons. The average Bonchev–Trinajstić information content (AvgIpc) is 3.04. The standard InChI is InChI=1S/C15H17FN4O2/c1-2-10-8-11(16)9-14(20(18)15(21)19-17)13(10)6-5-12-4-3-7-22-12/h3-9H,2,17-18H2,1H3,(H,19,21)/b6-5+. The molecule has 22 heavy (non-hydrogen) atoms. The quantitative estimate of drug-likeness (QED) is 0.459. The van der Waals surface area contributed by atoms with Crippen LogP contribution in [-0.2, 0) is 6.42 Å². The number of hydrogen-bond donors (Lipinski definition) is 3. The number of carbonyl (C=O) groups is 1. The van der Waals surface area contributed by atoms with Crippen molar-refractivity contribution in [2.45, 2.75) is 13.3 Å². The maximum atomic E-state index is 13.7. The average molecular weight is 304 g/mol. The molecule has 2 aromatic rings. The molecule has 0 fully saturated rings. The second-order valence-electron chi connectivity index (χ2n) is 4.52. The van der Waals surface area contributed by atoms with Crippen molar-refractivity contribution in [3.8, 4) is 0 Å². The number of urea groups is 1. The number of rotatable bonds is 4. The minimum atomic E-state index is -0.750. The van der Waals surface area contributed by atoms with E-state index in [1.54, 1.807) is 30.5 Å². The Bertz CT molecular complexity index is 683. The molecule has 6 nitrogen and oxygen atoms in total. The Morgan fingerprint density at radius 1 is 1.45 bits per heavy atom. The number of nitrogens with one attached hydrogen (secondary N) is 1. The van der Waals surface area contributed by atoms with Crippen LogP contribution >= 0.6 is 0 Å². The summed E-state index contributed by atoms with van der Waals surface area (Å²) in [5.74, 6) is 10.9. The first kappa shape index (κ1) is 15.7. The molecule has 0 spiro atoms. The molecular formula is C15H17FN4O2. The van der Waals surface area contributed by atoms with E-state index in [2.05, 4.69) is 0 Å². The van der Waals surface area contributed by atoms with E-state index in [1.165, 1.54) is 12.1 Å². The van der Waals surface area contributed by atoms with E-state index in [-0.39, 0.29) is 5.69 Å². The number of furan rings is 1. The van der Waals surface area contributed by atoms with Gasteiger partial charge in [-0.25, -0.2) is 25.9 Å². The molecule has 2 rings (SSSR count). The van der Waals surface area contributed by atoms with Crippen molar-refractivity contribution in [2.24, 2.45) is 11.7 Å². The maximum Gasteiger partial charge on any atom is 0.350 e. The zero-order valence-corrected chi connectivity index (χ0v) is 12.0. The number of benzene rings is 1. The van der Waals surface area contributed by atoms with Crippen molar-refractivity contribution in [1.29, 1.82) is 0 Å². The molecule has 0 atom stereocenters. The zero-order chi connectivity index (χ0) is 16.1. The van der Waals surface area contributed by atoms with Gasteiger partial charge in [0.15, 0.2) is 0 Å². The largest absolute Gasteiger partial charge is 0.465 e. The van der Waals surface area contributed by atoms with Crippen LogP contribution in [0.1, 0.15) is 23.8 Å². The Balaban J connectivity index is 2.51. The molecule has 0 aliphatic heterocycles. The van der Waals surface area contributed by atoms with Crippen LogP contribution < -0.4 is 22.1 Å². The van der Waals surface area contributed by atoms with E-state index in [4.69, 9.17) is 16.1 Å². The van der Waals surface area contributed by atoms with Crippen LogP contribution in [0.3, 0.4) is 0 Å². The van der Waals surface area contributed by atoms with Gasteiger partial charge in [-0.05, 0) is 48.4 Å². The number of anilines is 1. The van der Waals surface area contributed by atoms with Gasteiger partial charge in [0.25, 0.3) is 0 Å². The van der Waals surface area contributed by atoms with E-state index in [0.717, 1.165) is 5.01 Å². The summed E-state index contributed by atoms with van der Waals surface area (Å²) in [5, 5.41) is 0.768. The first-order chi connectivity index (χ1) is 10.6. The molecule has 1 heterocycles. The van der Waals surface area contributed by atoms with Crippen LogP contribution in [0.4, 0.5) is 14.9 Å². The summed E-state index contributed by atoms with van der Waals surface area (Å²) in [7, 11) is 0. The Morgan fingerprint density at radius 2 is 2.23 bits per heavy atom. The lowest BCUT2D eigenvalue weighted by Crippen LogP contribution is -2.48. The summed E-state index contributed by atoms with van der Waals surface area (Å²) in [4.78, 5) is 11.6. The van der Waals surface area contributed by atoms with E-state index in [0.29, 0.717) is 23.3 Å². The summed E-state index contributed by atoms with van der Waals surface area (Å²) in [6.45, 7) is 1.88. The van der Waals surface area contributed by atoms with Gasteiger partial charge in [-0.1, -0.05) is 6.92 Å². The third-order valence-electron chi connectivity index (χ3n) is 3.15. The van der Waals surface area contributed by atoms with Gasteiger partial charge < -0.3 is 4.42 Å². The van der Waals surface area contributed by atoms with E-state index in [9.17, 15) is 9.18 Å². The van der Waals surface area contributed by atoms with Crippen LogP contribution in [-0.4, -0.2) is 6.03 Å². The number of amides is 2. The summed E-state index contributed by atoms with van der Waals surface area (Å²) in [5.41, 5.74) is 3.45. The minimum absolute atomic E-state index is 0.211. The van der Waals surface area contributed by atoms with Crippen LogP contribution in [0.15, 0.2) is 34.9 Å². The van der Waals surface area contributed by atoms with Crippen molar-refractivity contribution in [1.82, 2.24) is 5.43 Å². The topological polar surface area (TPSA) is 97.5 Å². The second kappa shape index (κ2) is 6.88. The second-order valence-corrected chi connectivity index (χ2v) is 4.52. The van der Waals surface area contributed by atoms with Gasteiger partial charge >= 0.3 is 6.03 Å². The highest BCUT2D eigenvalue weighted by Crippen LogP contribution is 2.27. The lowest BCUT2D eigenvalue weighted by molar-refractivity contribution is 0.246. The molecule has 0 bridgehead atoms. The monoisotopic (exact) mass is 304 g/mol. The van der Waals surface area contributed by atoms with Gasteiger partial charge in [-0.3, -0.25) is 5.43 Å². The molecule has 7 heteroatoms. The van der Waals surface area contributed by atoms with Gasteiger partial charge in [-0.15, -0.1) is 0 Å². The fourth-order valence-electron chi connectivity index (χ4n) is 2.07. The Hall–Kier alpha value is -2.64. The maximum absolute atomic E-state index is 13.7. The predicted molar refractivity (Wildman–Crippen MR) is 82.8 cm³/mol.